The van der Waals surface area contributed by atoms with Crippen LogP contribution in [0.3, 0.4) is 0 Å². The number of ether oxygens (including phenoxy) is 1. The van der Waals surface area contributed by atoms with Gasteiger partial charge in [-0.25, -0.2) is 0 Å². The van der Waals surface area contributed by atoms with Gasteiger partial charge in [-0.15, -0.1) is 0 Å². The van der Waals surface area contributed by atoms with Gasteiger partial charge in [-0.05, 0) is 31.6 Å². The molecule has 13 heavy (non-hydrogen) atoms. The Balaban J connectivity index is 1.72. The van der Waals surface area contributed by atoms with E-state index in [0.717, 1.165) is 38.4 Å². The molecule has 0 saturated heterocycles. The van der Waals surface area contributed by atoms with E-state index < -0.39 is 0 Å². The van der Waals surface area contributed by atoms with Crippen LogP contribution in [0.1, 0.15) is 45.4 Å². The molecule has 1 aliphatic carbocycles. The van der Waals surface area contributed by atoms with Gasteiger partial charge in [-0.1, -0.05) is 19.8 Å². The Hall–Kier alpha value is -0.0800. The zero-order valence-electron chi connectivity index (χ0n) is 8.67. The SMILES string of the molecule is CCC(O)CCCOCCC1CC1. The van der Waals surface area contributed by atoms with E-state index in [1.54, 1.807) is 0 Å². The van der Waals surface area contributed by atoms with E-state index in [9.17, 15) is 5.11 Å². The van der Waals surface area contributed by atoms with Gasteiger partial charge in [0.25, 0.3) is 0 Å². The fourth-order valence-corrected chi connectivity index (χ4v) is 1.38. The smallest absolute Gasteiger partial charge is 0.0538 e. The summed E-state index contributed by atoms with van der Waals surface area (Å²) in [5.41, 5.74) is 0. The third-order valence-electron chi connectivity index (χ3n) is 2.66. The Labute approximate surface area is 81.3 Å². The second kappa shape index (κ2) is 6.39. The number of hydrogen-bond donors (Lipinski definition) is 1. The highest BCUT2D eigenvalue weighted by Crippen LogP contribution is 2.32. The minimum Gasteiger partial charge on any atom is -0.393 e. The molecule has 0 radical (unpaired) electrons. The maximum Gasteiger partial charge on any atom is 0.0538 e. The van der Waals surface area contributed by atoms with E-state index in [1.165, 1.54) is 19.3 Å². The number of aliphatic hydroxyl groups excluding tert-OH is 1. The molecule has 2 nitrogen and oxygen atoms in total. The van der Waals surface area contributed by atoms with Crippen molar-refractivity contribution in [3.63, 3.8) is 0 Å². The van der Waals surface area contributed by atoms with Gasteiger partial charge < -0.3 is 9.84 Å². The molecule has 0 aromatic rings. The molecule has 1 rings (SSSR count). The first-order valence-electron chi connectivity index (χ1n) is 5.58. The van der Waals surface area contributed by atoms with Crippen LogP contribution in [-0.4, -0.2) is 24.4 Å². The molecule has 78 valence electrons. The van der Waals surface area contributed by atoms with Crippen LogP contribution in [0.15, 0.2) is 0 Å². The lowest BCUT2D eigenvalue weighted by molar-refractivity contribution is 0.102. The molecule has 0 amide bonds. The number of hydrogen-bond acceptors (Lipinski definition) is 2. The predicted octanol–water partition coefficient (Wildman–Crippen LogP) is 2.35. The summed E-state index contributed by atoms with van der Waals surface area (Å²) < 4.78 is 5.47. The summed E-state index contributed by atoms with van der Waals surface area (Å²) in [6, 6.07) is 0. The van der Waals surface area contributed by atoms with Gasteiger partial charge in [-0.3, -0.25) is 0 Å². The van der Waals surface area contributed by atoms with Crippen molar-refractivity contribution in [2.75, 3.05) is 13.2 Å². The van der Waals surface area contributed by atoms with Gasteiger partial charge in [0.2, 0.25) is 0 Å². The maximum atomic E-state index is 9.26. The first kappa shape index (κ1) is 11.0. The monoisotopic (exact) mass is 186 g/mol. The van der Waals surface area contributed by atoms with Crippen LogP contribution in [0, 0.1) is 5.92 Å². The average molecular weight is 186 g/mol. The molecule has 0 aromatic heterocycles. The van der Waals surface area contributed by atoms with E-state index in [4.69, 9.17) is 4.74 Å². The van der Waals surface area contributed by atoms with Crippen LogP contribution in [0.25, 0.3) is 0 Å². The second-order valence-corrected chi connectivity index (χ2v) is 4.05. The van der Waals surface area contributed by atoms with Crippen LogP contribution in [0.2, 0.25) is 0 Å². The van der Waals surface area contributed by atoms with Gasteiger partial charge in [0.05, 0.1) is 6.10 Å². The highest BCUT2D eigenvalue weighted by Gasteiger charge is 2.20. The summed E-state index contributed by atoms with van der Waals surface area (Å²) in [5, 5.41) is 9.26. The normalized spacial score (nSPS) is 18.9. The predicted molar refractivity (Wildman–Crippen MR) is 53.7 cm³/mol. The summed E-state index contributed by atoms with van der Waals surface area (Å²) in [5.74, 6) is 0.973. The quantitative estimate of drug-likeness (QED) is 0.590. The van der Waals surface area contributed by atoms with E-state index in [-0.39, 0.29) is 6.10 Å². The molecule has 1 atom stereocenters. The Kier molecular flexibility index (Phi) is 5.40. The summed E-state index contributed by atoms with van der Waals surface area (Å²) in [7, 11) is 0. The minimum absolute atomic E-state index is 0.118. The molecule has 0 aliphatic heterocycles. The lowest BCUT2D eigenvalue weighted by atomic mass is 10.1. The first-order chi connectivity index (χ1) is 6.33. The van der Waals surface area contributed by atoms with Crippen molar-refractivity contribution in [2.24, 2.45) is 5.92 Å². The van der Waals surface area contributed by atoms with E-state index in [1.807, 2.05) is 6.92 Å². The fraction of sp³-hybridized carbons (Fsp3) is 1.00. The van der Waals surface area contributed by atoms with Crippen molar-refractivity contribution < 1.29 is 9.84 Å². The summed E-state index contributed by atoms with van der Waals surface area (Å²) in [4.78, 5) is 0. The topological polar surface area (TPSA) is 29.5 Å². The Morgan fingerprint density at radius 3 is 2.77 bits per heavy atom. The first-order valence-corrected chi connectivity index (χ1v) is 5.58. The van der Waals surface area contributed by atoms with Gasteiger partial charge in [0.1, 0.15) is 0 Å². The molecule has 0 bridgehead atoms. The number of aliphatic hydroxyl groups is 1. The highest BCUT2D eigenvalue weighted by atomic mass is 16.5. The van der Waals surface area contributed by atoms with E-state index in [0.29, 0.717) is 0 Å². The number of rotatable bonds is 8. The molecule has 1 unspecified atom stereocenters. The maximum absolute atomic E-state index is 9.26. The Morgan fingerprint density at radius 2 is 2.15 bits per heavy atom. The van der Waals surface area contributed by atoms with Crippen molar-refractivity contribution in [2.45, 2.75) is 51.6 Å². The molecule has 2 heteroatoms. The van der Waals surface area contributed by atoms with E-state index in [2.05, 4.69) is 0 Å². The molecule has 1 aliphatic rings. The van der Waals surface area contributed by atoms with Crippen LogP contribution in [-0.2, 0) is 4.74 Å². The molecule has 0 aromatic carbocycles. The van der Waals surface area contributed by atoms with Gasteiger partial charge >= 0.3 is 0 Å². The van der Waals surface area contributed by atoms with Crippen molar-refractivity contribution in [3.05, 3.63) is 0 Å². The Morgan fingerprint density at radius 1 is 1.38 bits per heavy atom. The third kappa shape index (κ3) is 6.05. The minimum atomic E-state index is -0.118. The Bertz CT molecular complexity index is 121. The molecule has 1 N–H and O–H groups in total. The van der Waals surface area contributed by atoms with Crippen LogP contribution in [0.5, 0.6) is 0 Å². The third-order valence-corrected chi connectivity index (χ3v) is 2.66. The summed E-state index contributed by atoms with van der Waals surface area (Å²) in [6.45, 7) is 3.76. The second-order valence-electron chi connectivity index (χ2n) is 4.05. The average Bonchev–Trinajstić information content (AvgIpc) is 2.94. The summed E-state index contributed by atoms with van der Waals surface area (Å²) in [6.07, 6.45) is 6.71. The van der Waals surface area contributed by atoms with Crippen molar-refractivity contribution in [1.29, 1.82) is 0 Å². The highest BCUT2D eigenvalue weighted by molar-refractivity contribution is 4.72. The molecule has 0 spiro atoms. The standard InChI is InChI=1S/C11H22O2/c1-2-11(12)4-3-8-13-9-7-10-5-6-10/h10-12H,2-9H2,1H3. The summed E-state index contributed by atoms with van der Waals surface area (Å²) >= 11 is 0. The lowest BCUT2D eigenvalue weighted by Crippen LogP contribution is -2.06. The van der Waals surface area contributed by atoms with Crippen LogP contribution >= 0.6 is 0 Å². The lowest BCUT2D eigenvalue weighted by Gasteiger charge is -2.07. The zero-order chi connectivity index (χ0) is 9.52. The molecular weight excluding hydrogens is 164 g/mol. The zero-order valence-corrected chi connectivity index (χ0v) is 8.67. The van der Waals surface area contributed by atoms with Gasteiger partial charge in [-0.2, -0.15) is 0 Å². The molecular formula is C11H22O2. The molecule has 1 fully saturated rings. The molecule has 0 heterocycles. The van der Waals surface area contributed by atoms with Gasteiger partial charge in [0.15, 0.2) is 0 Å². The van der Waals surface area contributed by atoms with E-state index >= 15 is 0 Å². The van der Waals surface area contributed by atoms with Crippen molar-refractivity contribution in [1.82, 2.24) is 0 Å². The van der Waals surface area contributed by atoms with Crippen LogP contribution in [0.4, 0.5) is 0 Å². The van der Waals surface area contributed by atoms with Gasteiger partial charge in [0, 0.05) is 13.2 Å². The van der Waals surface area contributed by atoms with Crippen molar-refractivity contribution >= 4 is 0 Å². The van der Waals surface area contributed by atoms with Crippen molar-refractivity contribution in [3.8, 4) is 0 Å². The fourth-order valence-electron chi connectivity index (χ4n) is 1.38. The molecule has 1 saturated carbocycles. The largest absolute Gasteiger partial charge is 0.393 e. The van der Waals surface area contributed by atoms with Crippen LogP contribution < -0.4 is 0 Å².